The fourth-order valence-corrected chi connectivity index (χ4v) is 2.41. The molecule has 1 aliphatic carbocycles. The van der Waals surface area contributed by atoms with Gasteiger partial charge in [0.05, 0.1) is 6.61 Å². The zero-order chi connectivity index (χ0) is 12.3. The second-order valence-electron chi connectivity index (χ2n) is 4.71. The molecule has 1 rings (SSSR count). The average Bonchev–Trinajstić information content (AvgIpc) is 2.25. The van der Waals surface area contributed by atoms with E-state index in [-0.39, 0.29) is 12.5 Å². The third-order valence-corrected chi connectivity index (χ3v) is 3.48. The van der Waals surface area contributed by atoms with Crippen LogP contribution in [0.25, 0.3) is 0 Å². The third kappa shape index (κ3) is 2.53. The fourth-order valence-electron chi connectivity index (χ4n) is 2.41. The maximum absolute atomic E-state index is 14.0. The number of carbonyl (C=O) groups excluding carboxylic acids is 1. The van der Waals surface area contributed by atoms with E-state index in [9.17, 15) is 13.6 Å². The van der Waals surface area contributed by atoms with Crippen molar-refractivity contribution in [3.05, 3.63) is 0 Å². The van der Waals surface area contributed by atoms with Crippen LogP contribution in [-0.4, -0.2) is 18.5 Å². The zero-order valence-electron chi connectivity index (χ0n) is 10.1. The van der Waals surface area contributed by atoms with Crippen LogP contribution in [0.1, 0.15) is 40.0 Å². The molecule has 0 saturated heterocycles. The standard InChI is InChI=1S/C12H20F2O2/c1-4-16-11(15)10-8(2)6-5-7-9(3)12(10,13)14/h8-10H,4-7H2,1-3H3/t8-,9-,10?/m0/s1. The van der Waals surface area contributed by atoms with Gasteiger partial charge in [-0.25, -0.2) is 8.78 Å². The number of alkyl halides is 2. The van der Waals surface area contributed by atoms with Crippen LogP contribution in [0.15, 0.2) is 0 Å². The molecule has 16 heavy (non-hydrogen) atoms. The molecule has 0 amide bonds. The summed E-state index contributed by atoms with van der Waals surface area (Å²) in [6, 6.07) is 0. The molecule has 0 bridgehead atoms. The molecule has 94 valence electrons. The molecule has 2 nitrogen and oxygen atoms in total. The highest BCUT2D eigenvalue weighted by Crippen LogP contribution is 2.44. The van der Waals surface area contributed by atoms with Gasteiger partial charge < -0.3 is 4.74 Å². The Balaban J connectivity index is 2.93. The number of halogens is 2. The van der Waals surface area contributed by atoms with Gasteiger partial charge in [-0.2, -0.15) is 0 Å². The maximum Gasteiger partial charge on any atom is 0.315 e. The molecule has 0 aromatic carbocycles. The minimum Gasteiger partial charge on any atom is -0.466 e. The topological polar surface area (TPSA) is 26.3 Å². The van der Waals surface area contributed by atoms with Crippen molar-refractivity contribution in [3.63, 3.8) is 0 Å². The van der Waals surface area contributed by atoms with Crippen molar-refractivity contribution in [1.82, 2.24) is 0 Å². The highest BCUT2D eigenvalue weighted by Gasteiger charge is 2.52. The van der Waals surface area contributed by atoms with E-state index in [2.05, 4.69) is 0 Å². The van der Waals surface area contributed by atoms with Gasteiger partial charge in [-0.1, -0.05) is 20.3 Å². The van der Waals surface area contributed by atoms with Crippen molar-refractivity contribution in [2.45, 2.75) is 46.0 Å². The normalized spacial score (nSPS) is 34.2. The second kappa shape index (κ2) is 5.11. The highest BCUT2D eigenvalue weighted by atomic mass is 19.3. The summed E-state index contributed by atoms with van der Waals surface area (Å²) in [5.74, 6) is -6.01. The van der Waals surface area contributed by atoms with E-state index in [1.165, 1.54) is 6.92 Å². The summed E-state index contributed by atoms with van der Waals surface area (Å²) in [7, 11) is 0. The molecule has 1 unspecified atom stereocenters. The first-order valence-corrected chi connectivity index (χ1v) is 5.95. The van der Waals surface area contributed by atoms with E-state index in [0.717, 1.165) is 6.42 Å². The van der Waals surface area contributed by atoms with Crippen LogP contribution in [-0.2, 0) is 9.53 Å². The lowest BCUT2D eigenvalue weighted by molar-refractivity contribution is -0.174. The number of hydrogen-bond donors (Lipinski definition) is 0. The Kier molecular flexibility index (Phi) is 4.28. The first-order chi connectivity index (χ1) is 7.41. The van der Waals surface area contributed by atoms with Gasteiger partial charge in [0.25, 0.3) is 5.92 Å². The van der Waals surface area contributed by atoms with Gasteiger partial charge in [0.15, 0.2) is 0 Å². The molecular formula is C12H20F2O2. The van der Waals surface area contributed by atoms with E-state index in [4.69, 9.17) is 4.74 Å². The summed E-state index contributed by atoms with van der Waals surface area (Å²) >= 11 is 0. The van der Waals surface area contributed by atoms with Crippen molar-refractivity contribution >= 4 is 5.97 Å². The van der Waals surface area contributed by atoms with Gasteiger partial charge in [-0.3, -0.25) is 4.79 Å². The van der Waals surface area contributed by atoms with Crippen LogP contribution in [0.4, 0.5) is 8.78 Å². The fraction of sp³-hybridized carbons (Fsp3) is 0.917. The van der Waals surface area contributed by atoms with E-state index in [1.54, 1.807) is 13.8 Å². The molecule has 0 heterocycles. The summed E-state index contributed by atoms with van der Waals surface area (Å²) < 4.78 is 32.9. The summed E-state index contributed by atoms with van der Waals surface area (Å²) in [5.41, 5.74) is 0. The number of hydrogen-bond acceptors (Lipinski definition) is 2. The molecule has 1 fully saturated rings. The third-order valence-electron chi connectivity index (χ3n) is 3.48. The Morgan fingerprint density at radius 3 is 2.56 bits per heavy atom. The van der Waals surface area contributed by atoms with Crippen molar-refractivity contribution < 1.29 is 18.3 Å². The van der Waals surface area contributed by atoms with Crippen LogP contribution >= 0.6 is 0 Å². The lowest BCUT2D eigenvalue weighted by Gasteiger charge is -2.30. The Hall–Kier alpha value is -0.670. The van der Waals surface area contributed by atoms with E-state index < -0.39 is 23.7 Å². The van der Waals surface area contributed by atoms with Crippen LogP contribution < -0.4 is 0 Å². The molecule has 0 aromatic heterocycles. The predicted molar refractivity (Wildman–Crippen MR) is 57.2 cm³/mol. The van der Waals surface area contributed by atoms with Crippen LogP contribution in [0.3, 0.4) is 0 Å². The van der Waals surface area contributed by atoms with Crippen molar-refractivity contribution in [2.75, 3.05) is 6.61 Å². The molecule has 0 radical (unpaired) electrons. The Bertz CT molecular complexity index is 253. The minimum atomic E-state index is -2.94. The summed E-state index contributed by atoms with van der Waals surface area (Å²) in [4.78, 5) is 11.6. The number of esters is 1. The van der Waals surface area contributed by atoms with E-state index in [0.29, 0.717) is 12.8 Å². The van der Waals surface area contributed by atoms with Crippen LogP contribution in [0.5, 0.6) is 0 Å². The molecule has 1 saturated carbocycles. The van der Waals surface area contributed by atoms with Crippen molar-refractivity contribution in [2.24, 2.45) is 17.8 Å². The van der Waals surface area contributed by atoms with Gasteiger partial charge in [0, 0.05) is 5.92 Å². The number of carbonyl (C=O) groups is 1. The highest BCUT2D eigenvalue weighted by molar-refractivity contribution is 5.74. The SMILES string of the molecule is CCOC(=O)C1[C@@H](C)CCC[C@H](C)C1(F)F. The lowest BCUT2D eigenvalue weighted by Crippen LogP contribution is -2.43. The van der Waals surface area contributed by atoms with Gasteiger partial charge in [0.1, 0.15) is 5.92 Å². The van der Waals surface area contributed by atoms with Gasteiger partial charge >= 0.3 is 5.97 Å². The maximum atomic E-state index is 14.0. The molecule has 4 heteroatoms. The van der Waals surface area contributed by atoms with Crippen LogP contribution in [0.2, 0.25) is 0 Å². The number of rotatable bonds is 2. The summed E-state index contributed by atoms with van der Waals surface area (Å²) in [5, 5.41) is 0. The van der Waals surface area contributed by atoms with Gasteiger partial charge in [-0.05, 0) is 25.7 Å². The van der Waals surface area contributed by atoms with Crippen LogP contribution in [0, 0.1) is 17.8 Å². The first-order valence-electron chi connectivity index (χ1n) is 5.95. The Morgan fingerprint density at radius 2 is 2.00 bits per heavy atom. The number of ether oxygens (including phenoxy) is 1. The second-order valence-corrected chi connectivity index (χ2v) is 4.71. The van der Waals surface area contributed by atoms with Crippen molar-refractivity contribution in [1.29, 1.82) is 0 Å². The zero-order valence-corrected chi connectivity index (χ0v) is 10.1. The van der Waals surface area contributed by atoms with Gasteiger partial charge in [0.2, 0.25) is 0 Å². The van der Waals surface area contributed by atoms with Gasteiger partial charge in [-0.15, -0.1) is 0 Å². The molecular weight excluding hydrogens is 214 g/mol. The molecule has 1 aliphatic rings. The molecule has 0 aliphatic heterocycles. The molecule has 3 atom stereocenters. The lowest BCUT2D eigenvalue weighted by atomic mass is 9.83. The minimum absolute atomic E-state index is 0.159. The smallest absolute Gasteiger partial charge is 0.315 e. The Morgan fingerprint density at radius 1 is 1.38 bits per heavy atom. The quantitative estimate of drug-likeness (QED) is 0.541. The molecule has 0 aromatic rings. The summed E-state index contributed by atoms with van der Waals surface area (Å²) in [6.07, 6.45) is 1.91. The monoisotopic (exact) mass is 234 g/mol. The first kappa shape index (κ1) is 13.4. The Labute approximate surface area is 95.4 Å². The summed E-state index contributed by atoms with van der Waals surface area (Å²) in [6.45, 7) is 5.03. The predicted octanol–water partition coefficient (Wildman–Crippen LogP) is 3.26. The van der Waals surface area contributed by atoms with E-state index in [1.807, 2.05) is 0 Å². The molecule has 0 N–H and O–H groups in total. The average molecular weight is 234 g/mol. The largest absolute Gasteiger partial charge is 0.466 e. The van der Waals surface area contributed by atoms with Crippen molar-refractivity contribution in [3.8, 4) is 0 Å². The molecule has 0 spiro atoms. The van der Waals surface area contributed by atoms with E-state index >= 15 is 0 Å².